The van der Waals surface area contributed by atoms with Gasteiger partial charge in [-0.3, -0.25) is 0 Å². The van der Waals surface area contributed by atoms with E-state index in [0.717, 1.165) is 31.0 Å². The Morgan fingerprint density at radius 1 is 1.19 bits per heavy atom. The molecule has 1 heterocycles. The third-order valence-electron chi connectivity index (χ3n) is 3.86. The molecule has 1 aromatic heterocycles. The van der Waals surface area contributed by atoms with Crippen LogP contribution in [0, 0.1) is 5.92 Å². The van der Waals surface area contributed by atoms with Crippen LogP contribution < -0.4 is 10.6 Å². The normalized spacial score (nSPS) is 12.9. The molecule has 27 heavy (non-hydrogen) atoms. The topological polar surface area (TPSA) is 70.6 Å². The van der Waals surface area contributed by atoms with Crippen LogP contribution in [0.1, 0.15) is 24.3 Å². The van der Waals surface area contributed by atoms with Crippen molar-refractivity contribution in [2.75, 3.05) is 19.3 Å². The molecule has 0 amide bonds. The molecule has 5 nitrogen and oxygen atoms in total. The molecule has 0 spiro atoms. The van der Waals surface area contributed by atoms with Crippen molar-refractivity contribution in [3.8, 4) is 0 Å². The number of nitrogens with zero attached hydrogens (tertiary/aromatic N) is 1. The molecule has 0 fully saturated rings. The van der Waals surface area contributed by atoms with E-state index >= 15 is 0 Å². The summed E-state index contributed by atoms with van der Waals surface area (Å²) >= 11 is 1.79. The van der Waals surface area contributed by atoms with Crippen molar-refractivity contribution in [1.29, 1.82) is 0 Å². The number of hydrogen-bond acceptors (Lipinski definition) is 4. The van der Waals surface area contributed by atoms with Crippen LogP contribution in [0.25, 0.3) is 0 Å². The van der Waals surface area contributed by atoms with Crippen molar-refractivity contribution in [1.82, 2.24) is 10.6 Å². The SMILES string of the molecule is CCNC(=NCc1ccc(S(C)(=O)=O)cc1)NCC(C)Cc1cccs1.I. The molecule has 0 aliphatic rings. The minimum absolute atomic E-state index is 0. The van der Waals surface area contributed by atoms with E-state index in [1.54, 1.807) is 23.5 Å². The van der Waals surface area contributed by atoms with Gasteiger partial charge in [-0.05, 0) is 48.4 Å². The van der Waals surface area contributed by atoms with Gasteiger partial charge in [0.05, 0.1) is 11.4 Å². The van der Waals surface area contributed by atoms with Gasteiger partial charge in [-0.25, -0.2) is 13.4 Å². The second-order valence-electron chi connectivity index (χ2n) is 6.38. The Morgan fingerprint density at radius 3 is 2.44 bits per heavy atom. The van der Waals surface area contributed by atoms with Crippen LogP contribution in [0.15, 0.2) is 51.7 Å². The summed E-state index contributed by atoms with van der Waals surface area (Å²) in [5.41, 5.74) is 0.973. The summed E-state index contributed by atoms with van der Waals surface area (Å²) in [4.78, 5) is 6.32. The van der Waals surface area contributed by atoms with Crippen LogP contribution in [0.2, 0.25) is 0 Å². The van der Waals surface area contributed by atoms with Crippen molar-refractivity contribution in [3.63, 3.8) is 0 Å². The summed E-state index contributed by atoms with van der Waals surface area (Å²) in [7, 11) is -3.16. The maximum absolute atomic E-state index is 11.5. The first-order valence-corrected chi connectivity index (χ1v) is 11.5. The lowest BCUT2D eigenvalue weighted by Gasteiger charge is -2.15. The number of aliphatic imine (C=N–C) groups is 1. The summed E-state index contributed by atoms with van der Waals surface area (Å²) in [6.45, 7) is 6.39. The van der Waals surface area contributed by atoms with Crippen molar-refractivity contribution < 1.29 is 8.42 Å². The second-order valence-corrected chi connectivity index (χ2v) is 9.43. The molecule has 2 N–H and O–H groups in total. The first-order valence-electron chi connectivity index (χ1n) is 8.72. The Hall–Kier alpha value is -1.13. The molecule has 0 saturated heterocycles. The number of guanidine groups is 1. The van der Waals surface area contributed by atoms with Gasteiger partial charge in [-0.15, -0.1) is 35.3 Å². The van der Waals surface area contributed by atoms with Crippen LogP contribution in [0.3, 0.4) is 0 Å². The van der Waals surface area contributed by atoms with Crippen LogP contribution in [0.5, 0.6) is 0 Å². The van der Waals surface area contributed by atoms with Gasteiger partial charge >= 0.3 is 0 Å². The highest BCUT2D eigenvalue weighted by atomic mass is 127. The Kier molecular flexibility index (Phi) is 10.3. The molecular formula is C19H28IN3O2S2. The van der Waals surface area contributed by atoms with Crippen molar-refractivity contribution in [3.05, 3.63) is 52.2 Å². The average Bonchev–Trinajstić information content (AvgIpc) is 3.10. The van der Waals surface area contributed by atoms with Crippen molar-refractivity contribution in [2.45, 2.75) is 31.7 Å². The standard InChI is InChI=1S/C19H27N3O2S2.HI/c1-4-20-19(21-13-15(2)12-17-6-5-11-25-17)22-14-16-7-9-18(10-8-16)26(3,23)24;/h5-11,15H,4,12-14H2,1-3H3,(H2,20,21,22);1H. The minimum Gasteiger partial charge on any atom is -0.357 e. The van der Waals surface area contributed by atoms with Gasteiger partial charge < -0.3 is 10.6 Å². The number of sulfone groups is 1. The van der Waals surface area contributed by atoms with E-state index in [1.165, 1.54) is 11.1 Å². The number of nitrogens with one attached hydrogen (secondary N) is 2. The Bertz CT molecular complexity index is 804. The second kappa shape index (κ2) is 11.7. The number of hydrogen-bond donors (Lipinski definition) is 2. The van der Waals surface area contributed by atoms with Gasteiger partial charge in [0.2, 0.25) is 0 Å². The molecule has 1 aromatic carbocycles. The minimum atomic E-state index is -3.16. The zero-order valence-corrected chi connectivity index (χ0v) is 19.9. The lowest BCUT2D eigenvalue weighted by molar-refractivity contribution is 0.562. The predicted molar refractivity (Wildman–Crippen MR) is 125 cm³/mol. The monoisotopic (exact) mass is 521 g/mol. The van der Waals surface area contributed by atoms with E-state index in [0.29, 0.717) is 17.4 Å². The number of benzene rings is 1. The van der Waals surface area contributed by atoms with E-state index in [1.807, 2.05) is 19.1 Å². The summed E-state index contributed by atoms with van der Waals surface area (Å²) in [6, 6.07) is 11.1. The number of halogens is 1. The zero-order chi connectivity index (χ0) is 19.0. The van der Waals surface area contributed by atoms with Gasteiger partial charge in [0, 0.05) is 24.2 Å². The Labute approximate surface area is 183 Å². The fourth-order valence-corrected chi connectivity index (χ4v) is 3.97. The van der Waals surface area contributed by atoms with Crippen LogP contribution in [0.4, 0.5) is 0 Å². The first-order chi connectivity index (χ1) is 12.4. The highest BCUT2D eigenvalue weighted by Gasteiger charge is 2.07. The van der Waals surface area contributed by atoms with Gasteiger partial charge in [0.1, 0.15) is 0 Å². The highest BCUT2D eigenvalue weighted by molar-refractivity contribution is 14.0. The third kappa shape index (κ3) is 8.61. The van der Waals surface area contributed by atoms with Crippen LogP contribution in [-0.4, -0.2) is 33.7 Å². The van der Waals surface area contributed by atoms with E-state index in [-0.39, 0.29) is 24.0 Å². The average molecular weight is 521 g/mol. The quantitative estimate of drug-likeness (QED) is 0.316. The summed E-state index contributed by atoms with van der Waals surface area (Å²) < 4.78 is 23.0. The van der Waals surface area contributed by atoms with Crippen molar-refractivity contribution in [2.24, 2.45) is 10.9 Å². The highest BCUT2D eigenvalue weighted by Crippen LogP contribution is 2.14. The maximum Gasteiger partial charge on any atom is 0.191 e. The summed E-state index contributed by atoms with van der Waals surface area (Å²) in [6.07, 6.45) is 2.27. The maximum atomic E-state index is 11.5. The fourth-order valence-electron chi connectivity index (χ4n) is 2.47. The van der Waals surface area contributed by atoms with Gasteiger partial charge in [0.25, 0.3) is 0 Å². The molecule has 0 radical (unpaired) electrons. The molecular weight excluding hydrogens is 493 g/mol. The fraction of sp³-hybridized carbons (Fsp3) is 0.421. The van der Waals surface area contributed by atoms with Crippen molar-refractivity contribution >= 4 is 51.1 Å². The van der Waals surface area contributed by atoms with E-state index in [2.05, 4.69) is 40.1 Å². The smallest absolute Gasteiger partial charge is 0.191 e. The lowest BCUT2D eigenvalue weighted by atomic mass is 10.1. The van der Waals surface area contributed by atoms with E-state index in [4.69, 9.17) is 0 Å². The molecule has 8 heteroatoms. The van der Waals surface area contributed by atoms with E-state index in [9.17, 15) is 8.42 Å². The third-order valence-corrected chi connectivity index (χ3v) is 5.89. The molecule has 0 bridgehead atoms. The molecule has 1 atom stereocenters. The molecule has 0 saturated carbocycles. The number of rotatable bonds is 8. The number of thiophene rings is 1. The molecule has 1 unspecified atom stereocenters. The largest absolute Gasteiger partial charge is 0.357 e. The lowest BCUT2D eigenvalue weighted by Crippen LogP contribution is -2.39. The molecule has 2 rings (SSSR count). The Balaban J connectivity index is 0.00000364. The molecule has 0 aliphatic carbocycles. The van der Waals surface area contributed by atoms with Gasteiger partial charge in [-0.1, -0.05) is 25.1 Å². The summed E-state index contributed by atoms with van der Waals surface area (Å²) in [5, 5.41) is 8.74. The molecule has 150 valence electrons. The van der Waals surface area contributed by atoms with Gasteiger partial charge in [-0.2, -0.15) is 0 Å². The first kappa shape index (κ1) is 23.9. The summed E-state index contributed by atoms with van der Waals surface area (Å²) in [5.74, 6) is 1.28. The molecule has 2 aromatic rings. The van der Waals surface area contributed by atoms with E-state index < -0.39 is 9.84 Å². The zero-order valence-electron chi connectivity index (χ0n) is 15.9. The predicted octanol–water partition coefficient (Wildman–Crippen LogP) is 3.70. The van der Waals surface area contributed by atoms with Crippen LogP contribution in [-0.2, 0) is 22.8 Å². The molecule has 0 aliphatic heterocycles. The van der Waals surface area contributed by atoms with Gasteiger partial charge in [0.15, 0.2) is 15.8 Å². The Morgan fingerprint density at radius 2 is 1.89 bits per heavy atom. The van der Waals surface area contributed by atoms with Crippen LogP contribution >= 0.6 is 35.3 Å².